The number of ether oxygens (including phenoxy) is 1. The molecule has 0 atom stereocenters. The lowest BCUT2D eigenvalue weighted by Gasteiger charge is -2.11. The molecule has 4 rings (SSSR count). The van der Waals surface area contributed by atoms with Gasteiger partial charge in [0.1, 0.15) is 5.75 Å². The van der Waals surface area contributed by atoms with E-state index < -0.39 is 0 Å². The minimum absolute atomic E-state index is 0.130. The highest BCUT2D eigenvalue weighted by Gasteiger charge is 2.17. The van der Waals surface area contributed by atoms with Crippen LogP contribution in [0.2, 0.25) is 10.0 Å². The molecule has 1 N–H and O–H groups in total. The first kappa shape index (κ1) is 22.1. The molecule has 0 fully saturated rings. The molecule has 0 saturated carbocycles. The second-order valence-corrected chi connectivity index (χ2v) is 8.30. The molecule has 0 radical (unpaired) electrons. The molecule has 0 unspecified atom stereocenters. The van der Waals surface area contributed by atoms with E-state index in [-0.39, 0.29) is 11.7 Å². The number of carbonyl (C=O) groups excluding carboxylic acids is 1. The molecule has 162 valence electrons. The van der Waals surface area contributed by atoms with Gasteiger partial charge in [-0.05, 0) is 54.6 Å². The molecule has 0 bridgehead atoms. The summed E-state index contributed by atoms with van der Waals surface area (Å²) in [5.74, 6) is 1.31. The van der Waals surface area contributed by atoms with E-state index in [4.69, 9.17) is 27.9 Å². The van der Waals surface area contributed by atoms with Crippen molar-refractivity contribution in [3.05, 3.63) is 77.0 Å². The summed E-state index contributed by atoms with van der Waals surface area (Å²) >= 11 is 13.2. The Bertz CT molecular complexity index is 1230. The van der Waals surface area contributed by atoms with Gasteiger partial charge in [-0.2, -0.15) is 0 Å². The monoisotopic (exact) mass is 485 g/mol. The van der Waals surface area contributed by atoms with Gasteiger partial charge in [0, 0.05) is 29.3 Å². The van der Waals surface area contributed by atoms with E-state index in [1.807, 2.05) is 41.0 Å². The second-order valence-electron chi connectivity index (χ2n) is 6.54. The van der Waals surface area contributed by atoms with Crippen molar-refractivity contribution < 1.29 is 9.53 Å². The number of thioether (sulfide) groups is 1. The van der Waals surface area contributed by atoms with Crippen molar-refractivity contribution in [1.82, 2.24) is 19.7 Å². The fourth-order valence-electron chi connectivity index (χ4n) is 2.92. The van der Waals surface area contributed by atoms with Crippen LogP contribution in [0.5, 0.6) is 5.75 Å². The lowest BCUT2D eigenvalue weighted by Crippen LogP contribution is -2.14. The van der Waals surface area contributed by atoms with Crippen LogP contribution < -0.4 is 10.1 Å². The van der Waals surface area contributed by atoms with E-state index >= 15 is 0 Å². The van der Waals surface area contributed by atoms with Gasteiger partial charge in [-0.3, -0.25) is 14.3 Å². The third-order valence-electron chi connectivity index (χ3n) is 4.44. The third kappa shape index (κ3) is 5.04. The van der Waals surface area contributed by atoms with E-state index in [2.05, 4.69) is 20.5 Å². The molecular weight excluding hydrogens is 469 g/mol. The van der Waals surface area contributed by atoms with Gasteiger partial charge in [-0.1, -0.05) is 35.0 Å². The van der Waals surface area contributed by atoms with Crippen LogP contribution in [0.15, 0.2) is 72.1 Å². The normalized spacial score (nSPS) is 10.7. The Morgan fingerprint density at radius 3 is 2.47 bits per heavy atom. The number of amides is 1. The van der Waals surface area contributed by atoms with Gasteiger partial charge in [-0.25, -0.2) is 0 Å². The van der Waals surface area contributed by atoms with Crippen molar-refractivity contribution in [2.75, 3.05) is 18.2 Å². The van der Waals surface area contributed by atoms with Gasteiger partial charge in [-0.15, -0.1) is 10.2 Å². The first-order valence-corrected chi connectivity index (χ1v) is 11.2. The molecule has 10 heteroatoms. The predicted octanol–water partition coefficient (Wildman–Crippen LogP) is 5.38. The lowest BCUT2D eigenvalue weighted by molar-refractivity contribution is -0.113. The number of benzene rings is 2. The molecule has 32 heavy (non-hydrogen) atoms. The molecule has 7 nitrogen and oxygen atoms in total. The average molecular weight is 486 g/mol. The van der Waals surface area contributed by atoms with E-state index in [0.29, 0.717) is 26.7 Å². The largest absolute Gasteiger partial charge is 0.497 e. The minimum Gasteiger partial charge on any atom is -0.497 e. The summed E-state index contributed by atoms with van der Waals surface area (Å²) < 4.78 is 7.15. The first-order valence-electron chi connectivity index (χ1n) is 9.43. The Morgan fingerprint density at radius 1 is 1.03 bits per heavy atom. The van der Waals surface area contributed by atoms with Crippen LogP contribution in [0.25, 0.3) is 17.1 Å². The van der Waals surface area contributed by atoms with Gasteiger partial charge in [0.25, 0.3) is 0 Å². The van der Waals surface area contributed by atoms with E-state index in [1.54, 1.807) is 37.7 Å². The number of pyridine rings is 1. The van der Waals surface area contributed by atoms with Crippen LogP contribution >= 0.6 is 35.0 Å². The third-order valence-corrected chi connectivity index (χ3v) is 6.11. The van der Waals surface area contributed by atoms with Crippen molar-refractivity contribution in [1.29, 1.82) is 0 Å². The number of nitrogens with zero attached hydrogens (tertiary/aromatic N) is 4. The summed E-state index contributed by atoms with van der Waals surface area (Å²) in [6.45, 7) is 0. The molecular formula is C22H17Cl2N5O2S. The molecule has 2 aromatic carbocycles. The fourth-order valence-corrected chi connectivity index (χ4v) is 3.97. The Hall–Kier alpha value is -3.07. The fraction of sp³-hybridized carbons (Fsp3) is 0.0909. The van der Waals surface area contributed by atoms with Crippen molar-refractivity contribution in [3.63, 3.8) is 0 Å². The van der Waals surface area contributed by atoms with E-state index in [0.717, 1.165) is 17.0 Å². The van der Waals surface area contributed by atoms with E-state index in [9.17, 15) is 4.79 Å². The standard InChI is InChI=1S/C22H17Cl2N5O2S/c1-31-17-5-3-16(4-6-17)29-21(14-8-10-25-11-9-14)27-28-22(29)32-13-20(30)26-15-2-7-18(23)19(24)12-15/h2-12H,13H2,1H3,(H,26,30). The summed E-state index contributed by atoms with van der Waals surface area (Å²) in [6, 6.07) is 16.2. The van der Waals surface area contributed by atoms with Crippen LogP contribution in [-0.2, 0) is 4.79 Å². The van der Waals surface area contributed by atoms with Gasteiger partial charge in [0.15, 0.2) is 11.0 Å². The number of carbonyl (C=O) groups is 1. The van der Waals surface area contributed by atoms with Crippen LogP contribution in [-0.4, -0.2) is 38.5 Å². The maximum atomic E-state index is 12.5. The number of rotatable bonds is 7. The van der Waals surface area contributed by atoms with Crippen molar-refractivity contribution in [3.8, 4) is 22.8 Å². The number of anilines is 1. The van der Waals surface area contributed by atoms with Crippen molar-refractivity contribution in [2.45, 2.75) is 5.16 Å². The number of hydrogen-bond donors (Lipinski definition) is 1. The quantitative estimate of drug-likeness (QED) is 0.354. The number of nitrogens with one attached hydrogen (secondary N) is 1. The van der Waals surface area contributed by atoms with E-state index in [1.165, 1.54) is 11.8 Å². The summed E-state index contributed by atoms with van der Waals surface area (Å²) in [6.07, 6.45) is 3.39. The minimum atomic E-state index is -0.205. The van der Waals surface area contributed by atoms with Gasteiger partial charge in [0.2, 0.25) is 5.91 Å². The zero-order valence-electron chi connectivity index (χ0n) is 16.8. The summed E-state index contributed by atoms with van der Waals surface area (Å²) in [5, 5.41) is 12.9. The number of halogens is 2. The highest BCUT2D eigenvalue weighted by molar-refractivity contribution is 7.99. The summed E-state index contributed by atoms with van der Waals surface area (Å²) in [7, 11) is 1.62. The molecule has 2 heterocycles. The Kier molecular flexibility index (Phi) is 6.94. The van der Waals surface area contributed by atoms with Gasteiger partial charge < -0.3 is 10.1 Å². The Balaban J connectivity index is 1.58. The van der Waals surface area contributed by atoms with Gasteiger partial charge >= 0.3 is 0 Å². The number of hydrogen-bond acceptors (Lipinski definition) is 6. The number of aromatic nitrogens is 4. The smallest absolute Gasteiger partial charge is 0.234 e. The molecule has 0 aliphatic carbocycles. The van der Waals surface area contributed by atoms with Crippen LogP contribution in [0.1, 0.15) is 0 Å². The molecule has 4 aromatic rings. The van der Waals surface area contributed by atoms with Gasteiger partial charge in [0.05, 0.1) is 22.9 Å². The van der Waals surface area contributed by atoms with Crippen LogP contribution in [0, 0.1) is 0 Å². The highest BCUT2D eigenvalue weighted by Crippen LogP contribution is 2.29. The molecule has 2 aromatic heterocycles. The topological polar surface area (TPSA) is 81.9 Å². The lowest BCUT2D eigenvalue weighted by atomic mass is 10.2. The molecule has 0 saturated heterocycles. The molecule has 0 aliphatic rings. The van der Waals surface area contributed by atoms with Crippen LogP contribution in [0.3, 0.4) is 0 Å². The average Bonchev–Trinajstić information content (AvgIpc) is 3.25. The van der Waals surface area contributed by atoms with Crippen molar-refractivity contribution >= 4 is 46.6 Å². The summed E-state index contributed by atoms with van der Waals surface area (Å²) in [5.41, 5.74) is 2.27. The second kappa shape index (κ2) is 10.0. The maximum absolute atomic E-state index is 12.5. The molecule has 1 amide bonds. The predicted molar refractivity (Wildman–Crippen MR) is 127 cm³/mol. The zero-order chi connectivity index (χ0) is 22.5. The summed E-state index contributed by atoms with van der Waals surface area (Å²) in [4.78, 5) is 16.6. The molecule has 0 aliphatic heterocycles. The number of methoxy groups -OCH3 is 1. The van der Waals surface area contributed by atoms with Crippen LogP contribution in [0.4, 0.5) is 5.69 Å². The Morgan fingerprint density at radius 2 is 1.78 bits per heavy atom. The maximum Gasteiger partial charge on any atom is 0.234 e. The highest BCUT2D eigenvalue weighted by atomic mass is 35.5. The SMILES string of the molecule is COc1ccc(-n2c(SCC(=O)Nc3ccc(Cl)c(Cl)c3)nnc2-c2ccncc2)cc1. The first-order chi connectivity index (χ1) is 15.5. The zero-order valence-corrected chi connectivity index (χ0v) is 19.2. The Labute approximate surface area is 198 Å². The van der Waals surface area contributed by atoms with Crippen molar-refractivity contribution in [2.24, 2.45) is 0 Å². The molecule has 0 spiro atoms.